The highest BCUT2D eigenvalue weighted by Gasteiger charge is 2.36. The molecule has 4 rings (SSSR count). The molecule has 0 aromatic heterocycles. The average Bonchev–Trinajstić information content (AvgIpc) is 3.11. The van der Waals surface area contributed by atoms with Gasteiger partial charge in [-0.05, 0) is 47.7 Å². The molecule has 1 heterocycles. The number of hydrogen-bond acceptors (Lipinski definition) is 2. The van der Waals surface area contributed by atoms with E-state index in [0.29, 0.717) is 10.6 Å². The van der Waals surface area contributed by atoms with Gasteiger partial charge < -0.3 is 0 Å². The summed E-state index contributed by atoms with van der Waals surface area (Å²) in [5.41, 5.74) is 4.74. The maximum Gasteiger partial charge on any atom is 0.416 e. The molecule has 2 aromatic rings. The van der Waals surface area contributed by atoms with E-state index in [-0.39, 0.29) is 0 Å². The first-order chi connectivity index (χ1) is 11.5. The quantitative estimate of drug-likeness (QED) is 0.692. The molecule has 0 radical (unpaired) electrons. The van der Waals surface area contributed by atoms with Gasteiger partial charge in [0.2, 0.25) is 0 Å². The highest BCUT2D eigenvalue weighted by molar-refractivity contribution is 8.01. The number of thioether (sulfide) groups is 1. The molecule has 5 heteroatoms. The largest absolute Gasteiger partial charge is 0.416 e. The number of fused-ring (bicyclic) bond motifs is 3. The maximum atomic E-state index is 12.7. The molecule has 1 aliphatic carbocycles. The molecule has 0 amide bonds. The van der Waals surface area contributed by atoms with E-state index >= 15 is 0 Å². The van der Waals surface area contributed by atoms with Gasteiger partial charge in [0.25, 0.3) is 0 Å². The Morgan fingerprint density at radius 1 is 1.08 bits per heavy atom. The second-order valence-electron chi connectivity index (χ2n) is 6.15. The topological polar surface area (TPSA) is 12.4 Å². The number of aliphatic imine (C=N–C) groups is 1. The molecule has 0 saturated heterocycles. The fraction of sp³-hybridized carbons (Fsp3) is 0.316. The van der Waals surface area contributed by atoms with Crippen LogP contribution in [0, 0.1) is 0 Å². The Bertz CT molecular complexity index is 808. The summed E-state index contributed by atoms with van der Waals surface area (Å²) < 4.78 is 38.1. The van der Waals surface area contributed by atoms with E-state index in [1.54, 1.807) is 0 Å². The Balaban J connectivity index is 1.69. The van der Waals surface area contributed by atoms with Gasteiger partial charge in [-0.25, -0.2) is 0 Å². The normalized spacial score (nSPS) is 22.2. The third-order valence-electron chi connectivity index (χ3n) is 4.60. The minimum Gasteiger partial charge on any atom is -0.274 e. The van der Waals surface area contributed by atoms with E-state index < -0.39 is 11.7 Å². The molecule has 0 N–H and O–H groups in total. The fourth-order valence-corrected chi connectivity index (χ4v) is 4.66. The van der Waals surface area contributed by atoms with Crippen LogP contribution in [-0.4, -0.2) is 16.3 Å². The Labute approximate surface area is 143 Å². The van der Waals surface area contributed by atoms with Crippen molar-refractivity contribution >= 4 is 17.5 Å². The molecule has 2 atom stereocenters. The summed E-state index contributed by atoms with van der Waals surface area (Å²) in [6.07, 6.45) is -2.27. The van der Waals surface area contributed by atoms with Crippen LogP contribution >= 0.6 is 11.8 Å². The SMILES string of the molecule is CCC1N=C2c3cc(-c4ccc(C(F)(F)F)cc4)ccc3CC2S1. The van der Waals surface area contributed by atoms with Crippen LogP contribution in [0.15, 0.2) is 47.5 Å². The van der Waals surface area contributed by atoms with Gasteiger partial charge in [0, 0.05) is 5.56 Å². The average molecular weight is 347 g/mol. The number of rotatable bonds is 2. The number of hydrogen-bond donors (Lipinski definition) is 0. The van der Waals surface area contributed by atoms with Crippen molar-refractivity contribution in [1.29, 1.82) is 0 Å². The van der Waals surface area contributed by atoms with Crippen molar-refractivity contribution in [2.24, 2.45) is 4.99 Å². The van der Waals surface area contributed by atoms with E-state index in [4.69, 9.17) is 4.99 Å². The van der Waals surface area contributed by atoms with Crippen LogP contribution in [-0.2, 0) is 12.6 Å². The summed E-state index contributed by atoms with van der Waals surface area (Å²) >= 11 is 1.92. The fourth-order valence-electron chi connectivity index (χ4n) is 3.32. The molecule has 1 nitrogen and oxygen atoms in total. The summed E-state index contributed by atoms with van der Waals surface area (Å²) in [6, 6.07) is 11.5. The van der Waals surface area contributed by atoms with Crippen molar-refractivity contribution in [3.05, 3.63) is 59.2 Å². The second kappa shape index (κ2) is 5.66. The number of halogens is 3. The molecule has 2 aromatic carbocycles. The zero-order valence-electron chi connectivity index (χ0n) is 13.1. The van der Waals surface area contributed by atoms with E-state index in [1.807, 2.05) is 17.8 Å². The first-order valence-electron chi connectivity index (χ1n) is 8.00. The second-order valence-corrected chi connectivity index (χ2v) is 7.54. The van der Waals surface area contributed by atoms with Crippen molar-refractivity contribution in [3.8, 4) is 11.1 Å². The summed E-state index contributed by atoms with van der Waals surface area (Å²) in [6.45, 7) is 2.14. The van der Waals surface area contributed by atoms with Gasteiger partial charge in [0.1, 0.15) is 0 Å². The summed E-state index contributed by atoms with van der Waals surface area (Å²) in [5, 5.41) is 0.778. The van der Waals surface area contributed by atoms with E-state index in [1.165, 1.54) is 23.3 Å². The van der Waals surface area contributed by atoms with E-state index in [0.717, 1.165) is 41.8 Å². The van der Waals surface area contributed by atoms with Crippen LogP contribution < -0.4 is 0 Å². The molecule has 2 aliphatic rings. The van der Waals surface area contributed by atoms with Crippen molar-refractivity contribution in [2.45, 2.75) is 36.6 Å². The first kappa shape index (κ1) is 15.8. The highest BCUT2D eigenvalue weighted by Crippen LogP contribution is 2.41. The van der Waals surface area contributed by atoms with Crippen LogP contribution in [0.4, 0.5) is 13.2 Å². The zero-order chi connectivity index (χ0) is 16.9. The van der Waals surface area contributed by atoms with Crippen LogP contribution in [0.25, 0.3) is 11.1 Å². The van der Waals surface area contributed by atoms with Crippen LogP contribution in [0.3, 0.4) is 0 Å². The molecule has 0 saturated carbocycles. The number of alkyl halides is 3. The van der Waals surface area contributed by atoms with Gasteiger partial charge in [-0.2, -0.15) is 13.2 Å². The van der Waals surface area contributed by atoms with Gasteiger partial charge in [-0.1, -0.05) is 31.2 Å². The van der Waals surface area contributed by atoms with Gasteiger partial charge in [0.05, 0.1) is 21.9 Å². The van der Waals surface area contributed by atoms with Gasteiger partial charge in [-0.15, -0.1) is 11.8 Å². The predicted octanol–water partition coefficient (Wildman–Crippen LogP) is 5.57. The van der Waals surface area contributed by atoms with Crippen molar-refractivity contribution < 1.29 is 13.2 Å². The molecule has 2 unspecified atom stereocenters. The Morgan fingerprint density at radius 2 is 1.79 bits per heavy atom. The van der Waals surface area contributed by atoms with Crippen molar-refractivity contribution in [2.75, 3.05) is 0 Å². The smallest absolute Gasteiger partial charge is 0.274 e. The molecule has 0 spiro atoms. The van der Waals surface area contributed by atoms with Gasteiger partial charge >= 0.3 is 6.18 Å². The molecule has 0 bridgehead atoms. The number of nitrogens with zero attached hydrogens (tertiary/aromatic N) is 1. The maximum absolute atomic E-state index is 12.7. The minimum atomic E-state index is -4.30. The summed E-state index contributed by atoms with van der Waals surface area (Å²) in [7, 11) is 0. The van der Waals surface area contributed by atoms with Gasteiger partial charge in [-0.3, -0.25) is 4.99 Å². The van der Waals surface area contributed by atoms with Crippen molar-refractivity contribution in [1.82, 2.24) is 0 Å². The molecule has 24 heavy (non-hydrogen) atoms. The lowest BCUT2D eigenvalue weighted by molar-refractivity contribution is -0.137. The van der Waals surface area contributed by atoms with Crippen LogP contribution in [0.1, 0.15) is 30.0 Å². The van der Waals surface area contributed by atoms with E-state index in [9.17, 15) is 13.2 Å². The number of benzene rings is 2. The highest BCUT2D eigenvalue weighted by atomic mass is 32.2. The van der Waals surface area contributed by atoms with Crippen molar-refractivity contribution in [3.63, 3.8) is 0 Å². The zero-order valence-corrected chi connectivity index (χ0v) is 13.9. The first-order valence-corrected chi connectivity index (χ1v) is 8.94. The van der Waals surface area contributed by atoms with E-state index in [2.05, 4.69) is 19.1 Å². The summed E-state index contributed by atoms with van der Waals surface area (Å²) in [4.78, 5) is 4.82. The standard InChI is InChI=1S/C19H16F3NS/c1-2-17-23-18-15-9-12(3-4-13(15)10-16(18)24-17)11-5-7-14(8-6-11)19(20,21)22/h3-9,16-17H,2,10H2,1H3. The minimum absolute atomic E-state index is 0.341. The van der Waals surface area contributed by atoms with Crippen LogP contribution in [0.5, 0.6) is 0 Å². The third-order valence-corrected chi connectivity index (χ3v) is 6.07. The Hall–Kier alpha value is -1.75. The lowest BCUT2D eigenvalue weighted by atomic mass is 9.99. The third kappa shape index (κ3) is 2.65. The predicted molar refractivity (Wildman–Crippen MR) is 92.6 cm³/mol. The monoisotopic (exact) mass is 347 g/mol. The lowest BCUT2D eigenvalue weighted by Gasteiger charge is -2.09. The molecular weight excluding hydrogens is 331 g/mol. The Morgan fingerprint density at radius 3 is 2.46 bits per heavy atom. The summed E-state index contributed by atoms with van der Waals surface area (Å²) in [5.74, 6) is 0. The van der Waals surface area contributed by atoms with Crippen LogP contribution in [0.2, 0.25) is 0 Å². The molecule has 0 fully saturated rings. The Kier molecular flexibility index (Phi) is 3.71. The molecular formula is C19H16F3NS. The van der Waals surface area contributed by atoms with Gasteiger partial charge in [0.15, 0.2) is 0 Å². The molecule has 124 valence electrons. The lowest BCUT2D eigenvalue weighted by Crippen LogP contribution is -2.07. The molecule has 1 aliphatic heterocycles.